The molecule has 1 unspecified atom stereocenters. The van der Waals surface area contributed by atoms with E-state index in [1.165, 1.54) is 0 Å². The van der Waals surface area contributed by atoms with Crippen LogP contribution in [0.1, 0.15) is 16.6 Å². The molecule has 0 aliphatic carbocycles. The van der Waals surface area contributed by atoms with Crippen molar-refractivity contribution >= 4 is 11.3 Å². The van der Waals surface area contributed by atoms with E-state index in [2.05, 4.69) is 10.3 Å². The van der Waals surface area contributed by atoms with Gasteiger partial charge in [0.2, 0.25) is 0 Å². The number of thiophene rings is 1. The van der Waals surface area contributed by atoms with Gasteiger partial charge in [-0.25, -0.2) is 0 Å². The van der Waals surface area contributed by atoms with E-state index in [-0.39, 0.29) is 6.04 Å². The highest BCUT2D eigenvalue weighted by molar-refractivity contribution is 7.10. The fourth-order valence-electron chi connectivity index (χ4n) is 1.33. The third-order valence-corrected chi connectivity index (χ3v) is 3.20. The summed E-state index contributed by atoms with van der Waals surface area (Å²) in [5, 5.41) is 9.58. The Bertz CT molecular complexity index is 450. The van der Waals surface area contributed by atoms with Crippen molar-refractivity contribution in [2.24, 2.45) is 12.8 Å². The predicted molar refractivity (Wildman–Crippen MR) is 57.9 cm³/mol. The molecule has 15 heavy (non-hydrogen) atoms. The summed E-state index contributed by atoms with van der Waals surface area (Å²) < 4.78 is 6.79. The SMILES string of the molecule is COc1csc(C(N)c2cnnn2C)c1. The van der Waals surface area contributed by atoms with Gasteiger partial charge in [-0.05, 0) is 6.07 Å². The summed E-state index contributed by atoms with van der Waals surface area (Å²) in [6.45, 7) is 0. The first-order valence-electron chi connectivity index (χ1n) is 4.45. The number of aromatic nitrogens is 3. The fraction of sp³-hybridized carbons (Fsp3) is 0.333. The highest BCUT2D eigenvalue weighted by atomic mass is 32.1. The van der Waals surface area contributed by atoms with E-state index in [0.717, 1.165) is 16.3 Å². The van der Waals surface area contributed by atoms with E-state index in [9.17, 15) is 0 Å². The van der Waals surface area contributed by atoms with Crippen LogP contribution in [0.2, 0.25) is 0 Å². The molecule has 0 aliphatic heterocycles. The van der Waals surface area contributed by atoms with Gasteiger partial charge in [0.25, 0.3) is 0 Å². The van der Waals surface area contributed by atoms with Gasteiger partial charge < -0.3 is 10.5 Å². The minimum absolute atomic E-state index is 0.195. The van der Waals surface area contributed by atoms with Crippen molar-refractivity contribution in [3.63, 3.8) is 0 Å². The maximum atomic E-state index is 6.08. The highest BCUT2D eigenvalue weighted by Gasteiger charge is 2.15. The lowest BCUT2D eigenvalue weighted by molar-refractivity contribution is 0.416. The molecule has 80 valence electrons. The molecule has 5 nitrogen and oxygen atoms in total. The van der Waals surface area contributed by atoms with E-state index < -0.39 is 0 Å². The number of nitrogens with two attached hydrogens (primary N) is 1. The van der Waals surface area contributed by atoms with Crippen molar-refractivity contribution in [3.05, 3.63) is 28.2 Å². The van der Waals surface area contributed by atoms with E-state index in [0.29, 0.717) is 0 Å². The second kappa shape index (κ2) is 4.00. The molecular formula is C9H12N4OS. The summed E-state index contributed by atoms with van der Waals surface area (Å²) in [4.78, 5) is 1.04. The average Bonchev–Trinajstić information content (AvgIpc) is 2.84. The van der Waals surface area contributed by atoms with Gasteiger partial charge in [-0.15, -0.1) is 16.4 Å². The van der Waals surface area contributed by atoms with Crippen LogP contribution in [-0.4, -0.2) is 22.1 Å². The number of methoxy groups -OCH3 is 1. The van der Waals surface area contributed by atoms with Gasteiger partial charge in [0.1, 0.15) is 5.75 Å². The van der Waals surface area contributed by atoms with Crippen LogP contribution < -0.4 is 10.5 Å². The van der Waals surface area contributed by atoms with E-state index >= 15 is 0 Å². The maximum Gasteiger partial charge on any atom is 0.129 e. The Hall–Kier alpha value is -1.40. The molecule has 0 aliphatic rings. The first-order chi connectivity index (χ1) is 7.22. The zero-order chi connectivity index (χ0) is 10.8. The molecule has 0 amide bonds. The van der Waals surface area contributed by atoms with Crippen LogP contribution in [0.4, 0.5) is 0 Å². The Kier molecular flexibility index (Phi) is 2.70. The number of nitrogens with zero attached hydrogens (tertiary/aromatic N) is 3. The molecule has 0 saturated carbocycles. The molecular weight excluding hydrogens is 212 g/mol. The first kappa shape index (κ1) is 10.1. The molecule has 2 N–H and O–H groups in total. The molecule has 0 spiro atoms. The van der Waals surface area contributed by atoms with Crippen LogP contribution in [0.25, 0.3) is 0 Å². The molecule has 2 aromatic rings. The number of ether oxygens (including phenoxy) is 1. The normalized spacial score (nSPS) is 12.7. The van der Waals surface area contributed by atoms with Crippen molar-refractivity contribution in [1.29, 1.82) is 0 Å². The quantitative estimate of drug-likeness (QED) is 0.842. The minimum Gasteiger partial charge on any atom is -0.496 e. The fourth-order valence-corrected chi connectivity index (χ4v) is 2.20. The predicted octanol–water partition coefficient (Wildman–Crippen LogP) is 0.933. The third-order valence-electron chi connectivity index (χ3n) is 2.21. The summed E-state index contributed by atoms with van der Waals surface area (Å²) in [6, 6.07) is 1.74. The zero-order valence-electron chi connectivity index (χ0n) is 8.54. The van der Waals surface area contributed by atoms with E-state index in [1.54, 1.807) is 29.3 Å². The van der Waals surface area contributed by atoms with Crippen molar-refractivity contribution in [2.45, 2.75) is 6.04 Å². The van der Waals surface area contributed by atoms with Gasteiger partial charge >= 0.3 is 0 Å². The number of aryl methyl sites for hydroxylation is 1. The molecule has 2 rings (SSSR count). The average molecular weight is 224 g/mol. The van der Waals surface area contributed by atoms with Gasteiger partial charge in [0.05, 0.1) is 25.0 Å². The van der Waals surface area contributed by atoms with Crippen LogP contribution in [0.15, 0.2) is 17.6 Å². The summed E-state index contributed by atoms with van der Waals surface area (Å²) in [6.07, 6.45) is 1.68. The number of rotatable bonds is 3. The first-order valence-corrected chi connectivity index (χ1v) is 5.33. The standard InChI is InChI=1S/C9H12N4OS/c1-13-7(4-11-12-13)9(10)8-3-6(14-2)5-15-8/h3-5,9H,10H2,1-2H3. The van der Waals surface area contributed by atoms with Crippen molar-refractivity contribution in [2.75, 3.05) is 7.11 Å². The highest BCUT2D eigenvalue weighted by Crippen LogP contribution is 2.28. The Labute approximate surface area is 91.5 Å². The molecule has 6 heteroatoms. The van der Waals surface area contributed by atoms with Crippen LogP contribution in [0.3, 0.4) is 0 Å². The van der Waals surface area contributed by atoms with Crippen molar-refractivity contribution < 1.29 is 4.74 Å². The summed E-state index contributed by atoms with van der Waals surface area (Å²) in [7, 11) is 3.47. The Morgan fingerprint density at radius 1 is 1.60 bits per heavy atom. The zero-order valence-corrected chi connectivity index (χ0v) is 9.36. The van der Waals surface area contributed by atoms with Gasteiger partial charge in [-0.2, -0.15) is 0 Å². The second-order valence-corrected chi connectivity index (χ2v) is 4.09. The molecule has 0 fully saturated rings. The van der Waals surface area contributed by atoms with Crippen LogP contribution in [0, 0.1) is 0 Å². The Morgan fingerprint density at radius 3 is 2.93 bits per heavy atom. The van der Waals surface area contributed by atoms with Crippen LogP contribution in [0.5, 0.6) is 5.75 Å². The smallest absolute Gasteiger partial charge is 0.129 e. The lowest BCUT2D eigenvalue weighted by atomic mass is 10.2. The van der Waals surface area contributed by atoms with Gasteiger partial charge in [-0.3, -0.25) is 4.68 Å². The number of hydrogen-bond donors (Lipinski definition) is 1. The molecule has 2 aromatic heterocycles. The molecule has 0 saturated heterocycles. The number of hydrogen-bond acceptors (Lipinski definition) is 5. The summed E-state index contributed by atoms with van der Waals surface area (Å²) >= 11 is 1.57. The largest absolute Gasteiger partial charge is 0.496 e. The maximum absolute atomic E-state index is 6.08. The van der Waals surface area contributed by atoms with Crippen molar-refractivity contribution in [1.82, 2.24) is 15.0 Å². The molecule has 2 heterocycles. The Morgan fingerprint density at radius 2 is 2.40 bits per heavy atom. The van der Waals surface area contributed by atoms with Gasteiger partial charge in [0.15, 0.2) is 0 Å². The van der Waals surface area contributed by atoms with Gasteiger partial charge in [-0.1, -0.05) is 5.21 Å². The lowest BCUT2D eigenvalue weighted by Crippen LogP contribution is -2.14. The minimum atomic E-state index is -0.195. The van der Waals surface area contributed by atoms with E-state index in [1.807, 2.05) is 18.5 Å². The Balaban J connectivity index is 2.28. The summed E-state index contributed by atoms with van der Waals surface area (Å²) in [5.41, 5.74) is 6.97. The van der Waals surface area contributed by atoms with Crippen LogP contribution in [-0.2, 0) is 7.05 Å². The molecule has 0 aromatic carbocycles. The van der Waals surface area contributed by atoms with E-state index in [4.69, 9.17) is 10.5 Å². The molecule has 0 bridgehead atoms. The van der Waals surface area contributed by atoms with Crippen LogP contribution >= 0.6 is 11.3 Å². The monoisotopic (exact) mass is 224 g/mol. The third kappa shape index (κ3) is 1.86. The summed E-state index contributed by atoms with van der Waals surface area (Å²) in [5.74, 6) is 0.834. The lowest BCUT2D eigenvalue weighted by Gasteiger charge is -2.08. The second-order valence-electron chi connectivity index (χ2n) is 3.15. The van der Waals surface area contributed by atoms with Gasteiger partial charge in [0, 0.05) is 17.3 Å². The van der Waals surface area contributed by atoms with Crippen molar-refractivity contribution in [3.8, 4) is 5.75 Å². The molecule has 1 atom stereocenters. The molecule has 0 radical (unpaired) electrons. The topological polar surface area (TPSA) is 66.0 Å².